The van der Waals surface area contributed by atoms with Gasteiger partial charge in [-0.15, -0.1) is 0 Å². The van der Waals surface area contributed by atoms with Crippen LogP contribution in [0.5, 0.6) is 0 Å². The van der Waals surface area contributed by atoms with Gasteiger partial charge < -0.3 is 19.2 Å². The molecule has 0 saturated carbocycles. The van der Waals surface area contributed by atoms with Gasteiger partial charge in [-0.3, -0.25) is 0 Å². The summed E-state index contributed by atoms with van der Waals surface area (Å²) in [4.78, 5) is 19.5. The molecule has 2 unspecified atom stereocenters. The van der Waals surface area contributed by atoms with Crippen LogP contribution >= 0.6 is 0 Å². The number of aromatic amines is 1. The van der Waals surface area contributed by atoms with Crippen LogP contribution in [-0.4, -0.2) is 35.8 Å². The van der Waals surface area contributed by atoms with Crippen LogP contribution in [0, 0.1) is 0 Å². The molecule has 0 spiro atoms. The van der Waals surface area contributed by atoms with Crippen LogP contribution in [0.1, 0.15) is 32.4 Å². The first-order valence-electron chi connectivity index (χ1n) is 7.46. The van der Waals surface area contributed by atoms with Crippen LogP contribution in [0.3, 0.4) is 0 Å². The third-order valence-corrected chi connectivity index (χ3v) is 3.52. The summed E-state index contributed by atoms with van der Waals surface area (Å²) < 4.78 is 16.4. The lowest BCUT2D eigenvalue weighted by Crippen LogP contribution is -2.25. The first kappa shape index (κ1) is 15.4. The number of fused-ring (bicyclic) bond motifs is 1. The Kier molecular flexibility index (Phi) is 3.75. The third kappa shape index (κ3) is 3.02. The van der Waals surface area contributed by atoms with Gasteiger partial charge in [0, 0.05) is 22.7 Å². The lowest BCUT2D eigenvalue weighted by molar-refractivity contribution is -0.143. The summed E-state index contributed by atoms with van der Waals surface area (Å²) in [6.07, 6.45) is 1.38. The second-order valence-electron chi connectivity index (χ2n) is 6.41. The van der Waals surface area contributed by atoms with Crippen molar-refractivity contribution in [3.05, 3.63) is 36.0 Å². The number of methoxy groups -OCH3 is 1. The van der Waals surface area contributed by atoms with Gasteiger partial charge in [0.25, 0.3) is 0 Å². The van der Waals surface area contributed by atoms with E-state index in [9.17, 15) is 4.79 Å². The number of nitrogens with zero attached hydrogens (tertiary/aromatic N) is 1. The van der Waals surface area contributed by atoms with Gasteiger partial charge >= 0.3 is 12.1 Å². The maximum atomic E-state index is 12.1. The van der Waals surface area contributed by atoms with Crippen molar-refractivity contribution in [1.82, 2.24) is 4.98 Å². The SMILES string of the molecule is COC(=O)C1N=C(OC(C)(C)C)OC1c1c[nH]c2ccccc12. The summed E-state index contributed by atoms with van der Waals surface area (Å²) in [5.41, 5.74) is 1.36. The fraction of sp³-hybridized carbons (Fsp3) is 0.412. The standard InChI is InChI=1S/C17H20N2O4/c1-17(2,3)23-16-19-13(15(20)21-4)14(22-16)11-9-18-12-8-6-5-7-10(11)12/h5-9,13-14,18H,1-4H3. The third-order valence-electron chi connectivity index (χ3n) is 3.52. The molecular weight excluding hydrogens is 296 g/mol. The first-order valence-corrected chi connectivity index (χ1v) is 7.46. The number of carbonyl (C=O) groups is 1. The van der Waals surface area contributed by atoms with Crippen molar-refractivity contribution in [2.45, 2.75) is 38.5 Å². The van der Waals surface area contributed by atoms with Crippen molar-refractivity contribution in [2.75, 3.05) is 7.11 Å². The van der Waals surface area contributed by atoms with Crippen LogP contribution < -0.4 is 0 Å². The Balaban J connectivity index is 1.96. The smallest absolute Gasteiger partial charge is 0.385 e. The molecule has 1 aliphatic rings. The topological polar surface area (TPSA) is 72.9 Å². The van der Waals surface area contributed by atoms with Crippen LogP contribution in [0.4, 0.5) is 0 Å². The van der Waals surface area contributed by atoms with Crippen molar-refractivity contribution < 1.29 is 19.0 Å². The summed E-state index contributed by atoms with van der Waals surface area (Å²) in [7, 11) is 1.34. The molecule has 23 heavy (non-hydrogen) atoms. The Bertz CT molecular complexity index is 757. The number of aromatic nitrogens is 1. The van der Waals surface area contributed by atoms with Crippen molar-refractivity contribution in [2.24, 2.45) is 4.99 Å². The number of hydrogen-bond acceptors (Lipinski definition) is 5. The molecule has 6 nitrogen and oxygen atoms in total. The molecule has 122 valence electrons. The number of ether oxygens (including phenoxy) is 3. The Morgan fingerprint density at radius 1 is 1.30 bits per heavy atom. The normalized spacial score (nSPS) is 21.0. The van der Waals surface area contributed by atoms with Crippen LogP contribution in [0.25, 0.3) is 10.9 Å². The first-order chi connectivity index (χ1) is 10.9. The molecule has 0 saturated heterocycles. The second-order valence-corrected chi connectivity index (χ2v) is 6.41. The van der Waals surface area contributed by atoms with Gasteiger partial charge in [0.05, 0.1) is 7.11 Å². The molecule has 1 aromatic heterocycles. The number of para-hydroxylation sites is 1. The number of hydrogen-bond donors (Lipinski definition) is 1. The Labute approximate surface area is 134 Å². The van der Waals surface area contributed by atoms with E-state index in [1.165, 1.54) is 7.11 Å². The average Bonchev–Trinajstić information content (AvgIpc) is 3.08. The average molecular weight is 316 g/mol. The van der Waals surface area contributed by atoms with E-state index < -0.39 is 23.7 Å². The maximum Gasteiger partial charge on any atom is 0.385 e. The van der Waals surface area contributed by atoms with E-state index in [2.05, 4.69) is 9.98 Å². The van der Waals surface area contributed by atoms with E-state index in [4.69, 9.17) is 14.2 Å². The zero-order valence-corrected chi connectivity index (χ0v) is 13.6. The van der Waals surface area contributed by atoms with Gasteiger partial charge in [-0.25, -0.2) is 4.79 Å². The molecule has 1 aliphatic heterocycles. The molecule has 0 amide bonds. The number of carbonyl (C=O) groups excluding carboxylic acids is 1. The van der Waals surface area contributed by atoms with Crippen LogP contribution in [0.2, 0.25) is 0 Å². The quantitative estimate of drug-likeness (QED) is 0.865. The predicted molar refractivity (Wildman–Crippen MR) is 86.2 cm³/mol. The highest BCUT2D eigenvalue weighted by molar-refractivity contribution is 5.88. The molecule has 0 bridgehead atoms. The van der Waals surface area contributed by atoms with Crippen LogP contribution in [-0.2, 0) is 19.0 Å². The van der Waals surface area contributed by atoms with E-state index in [0.717, 1.165) is 16.5 Å². The molecule has 1 aromatic carbocycles. The summed E-state index contributed by atoms with van der Waals surface area (Å²) in [5.74, 6) is -0.451. The molecule has 2 aromatic rings. The maximum absolute atomic E-state index is 12.1. The number of nitrogens with one attached hydrogen (secondary N) is 1. The Hall–Kier alpha value is -2.50. The molecule has 6 heteroatoms. The highest BCUT2D eigenvalue weighted by atomic mass is 16.7. The van der Waals surface area contributed by atoms with Crippen molar-refractivity contribution >= 4 is 23.0 Å². The zero-order valence-electron chi connectivity index (χ0n) is 13.6. The van der Waals surface area contributed by atoms with Gasteiger partial charge in [0.15, 0.2) is 12.1 Å². The minimum absolute atomic E-state index is 0.114. The van der Waals surface area contributed by atoms with Crippen LogP contribution in [0.15, 0.2) is 35.5 Å². The molecule has 0 aliphatic carbocycles. The number of benzene rings is 1. The van der Waals surface area contributed by atoms with E-state index >= 15 is 0 Å². The molecular formula is C17H20N2O4. The van der Waals surface area contributed by atoms with Gasteiger partial charge in [-0.05, 0) is 26.8 Å². The molecule has 3 rings (SSSR count). The van der Waals surface area contributed by atoms with E-state index in [1.54, 1.807) is 0 Å². The Morgan fingerprint density at radius 3 is 2.74 bits per heavy atom. The summed E-state index contributed by atoms with van der Waals surface area (Å²) in [5, 5.41) is 0.985. The molecule has 2 atom stereocenters. The van der Waals surface area contributed by atoms with Gasteiger partial charge in [0.2, 0.25) is 0 Å². The van der Waals surface area contributed by atoms with E-state index in [0.29, 0.717) is 0 Å². The number of H-pyrrole nitrogens is 1. The summed E-state index contributed by atoms with van der Waals surface area (Å²) in [6, 6.07) is 7.04. The van der Waals surface area contributed by atoms with Crippen molar-refractivity contribution in [1.29, 1.82) is 0 Å². The highest BCUT2D eigenvalue weighted by Crippen LogP contribution is 2.35. The largest absolute Gasteiger partial charge is 0.467 e. The highest BCUT2D eigenvalue weighted by Gasteiger charge is 2.41. The lowest BCUT2D eigenvalue weighted by Gasteiger charge is -2.21. The lowest BCUT2D eigenvalue weighted by atomic mass is 10.0. The fourth-order valence-electron chi connectivity index (χ4n) is 2.56. The minimum Gasteiger partial charge on any atom is -0.467 e. The van der Waals surface area contributed by atoms with Crippen molar-refractivity contribution in [3.8, 4) is 0 Å². The van der Waals surface area contributed by atoms with Gasteiger partial charge in [0.1, 0.15) is 5.60 Å². The molecule has 0 radical (unpaired) electrons. The zero-order chi connectivity index (χ0) is 16.6. The minimum atomic E-state index is -0.781. The van der Waals surface area contributed by atoms with Gasteiger partial charge in [-0.2, -0.15) is 4.99 Å². The second kappa shape index (κ2) is 5.61. The van der Waals surface area contributed by atoms with Gasteiger partial charge in [-0.1, -0.05) is 18.2 Å². The number of aliphatic imine (C=N–C) groups is 1. The van der Waals surface area contributed by atoms with Crippen molar-refractivity contribution in [3.63, 3.8) is 0 Å². The fourth-order valence-corrected chi connectivity index (χ4v) is 2.56. The number of esters is 1. The molecule has 0 fully saturated rings. The monoisotopic (exact) mass is 316 g/mol. The summed E-state index contributed by atoms with van der Waals surface area (Å²) in [6.45, 7) is 5.68. The number of rotatable bonds is 2. The summed E-state index contributed by atoms with van der Waals surface area (Å²) >= 11 is 0. The predicted octanol–water partition coefficient (Wildman–Crippen LogP) is 2.95. The van der Waals surface area contributed by atoms with E-state index in [1.807, 2.05) is 51.2 Å². The van der Waals surface area contributed by atoms with E-state index in [-0.39, 0.29) is 6.08 Å². The molecule has 2 heterocycles. The Morgan fingerprint density at radius 2 is 2.04 bits per heavy atom. The molecule has 1 N–H and O–H groups in total.